The zero-order valence-electron chi connectivity index (χ0n) is 15.7. The molecule has 0 amide bonds. The van der Waals surface area contributed by atoms with Crippen LogP contribution in [-0.2, 0) is 9.59 Å². The molecule has 4 nitrogen and oxygen atoms in total. The fourth-order valence-corrected chi connectivity index (χ4v) is 3.56. The van der Waals surface area contributed by atoms with E-state index in [9.17, 15) is 18.4 Å². The number of aliphatic carboxylic acids is 2. The molecule has 2 saturated carbocycles. The van der Waals surface area contributed by atoms with Crippen LogP contribution in [0.25, 0.3) is 0 Å². The molecule has 2 N–H and O–H groups in total. The van der Waals surface area contributed by atoms with Crippen molar-refractivity contribution >= 4 is 11.9 Å². The molecule has 2 fully saturated rings. The van der Waals surface area contributed by atoms with Crippen LogP contribution in [-0.4, -0.2) is 22.2 Å². The molecule has 2 aromatic carbocycles. The van der Waals surface area contributed by atoms with Crippen molar-refractivity contribution in [3.63, 3.8) is 0 Å². The molecule has 148 valence electrons. The highest BCUT2D eigenvalue weighted by molar-refractivity contribution is 5.80. The van der Waals surface area contributed by atoms with Gasteiger partial charge in [-0.2, -0.15) is 0 Å². The third-order valence-electron chi connectivity index (χ3n) is 6.00. The van der Waals surface area contributed by atoms with Crippen LogP contribution in [0.4, 0.5) is 8.78 Å². The van der Waals surface area contributed by atoms with E-state index in [1.165, 1.54) is 24.3 Å². The number of carboxylic acids is 2. The molecule has 2 aromatic rings. The molecule has 6 heteroatoms. The predicted octanol–water partition coefficient (Wildman–Crippen LogP) is 4.81. The molecular formula is C22H22F2O4. The van der Waals surface area contributed by atoms with E-state index in [2.05, 4.69) is 0 Å². The van der Waals surface area contributed by atoms with Crippen molar-refractivity contribution in [3.8, 4) is 0 Å². The fourth-order valence-electron chi connectivity index (χ4n) is 3.56. The number of benzene rings is 2. The maximum atomic E-state index is 12.6. The zero-order chi connectivity index (χ0) is 20.7. The first kappa shape index (κ1) is 20.0. The van der Waals surface area contributed by atoms with Crippen molar-refractivity contribution in [2.24, 2.45) is 10.8 Å². The van der Waals surface area contributed by atoms with Gasteiger partial charge in [0.2, 0.25) is 0 Å². The normalized spacial score (nSPS) is 30.0. The van der Waals surface area contributed by atoms with Gasteiger partial charge in [-0.25, -0.2) is 8.78 Å². The minimum Gasteiger partial charge on any atom is -0.481 e. The van der Waals surface area contributed by atoms with E-state index in [-0.39, 0.29) is 23.5 Å². The summed E-state index contributed by atoms with van der Waals surface area (Å²) in [7, 11) is 0. The van der Waals surface area contributed by atoms with Gasteiger partial charge in [-0.15, -0.1) is 0 Å². The lowest BCUT2D eigenvalue weighted by Crippen LogP contribution is -2.12. The standard InChI is InChI=1S/2C11H11FO2/c2*1-11(10(13)14)6-9(11)7-2-4-8(12)5-3-7/h2*2-5,9H,6H2,1H3,(H,13,14)/t2*9-,11+/m10/s1. The van der Waals surface area contributed by atoms with E-state index >= 15 is 0 Å². The SMILES string of the molecule is C[C@@]1(C(=O)O)C[C@H]1c1ccc(F)cc1.C[C@]1(C(=O)O)C[C@@H]1c1ccc(F)cc1. The molecule has 0 aromatic heterocycles. The van der Waals surface area contributed by atoms with Crippen LogP contribution in [0.5, 0.6) is 0 Å². The van der Waals surface area contributed by atoms with Crippen molar-refractivity contribution < 1.29 is 28.6 Å². The smallest absolute Gasteiger partial charge is 0.309 e. The Morgan fingerprint density at radius 1 is 0.750 bits per heavy atom. The van der Waals surface area contributed by atoms with Gasteiger partial charge in [0.05, 0.1) is 10.8 Å². The quantitative estimate of drug-likeness (QED) is 0.788. The van der Waals surface area contributed by atoms with Crippen molar-refractivity contribution in [1.82, 2.24) is 0 Å². The Kier molecular flexibility index (Phi) is 5.00. The fraction of sp³-hybridized carbons (Fsp3) is 0.364. The molecule has 0 aliphatic heterocycles. The average Bonchev–Trinajstić information content (AvgIpc) is 3.53. The first-order chi connectivity index (χ1) is 13.1. The monoisotopic (exact) mass is 388 g/mol. The van der Waals surface area contributed by atoms with Gasteiger partial charge in [0, 0.05) is 11.8 Å². The first-order valence-corrected chi connectivity index (χ1v) is 9.05. The number of rotatable bonds is 4. The van der Waals surface area contributed by atoms with Gasteiger partial charge in [0.25, 0.3) is 0 Å². The third kappa shape index (κ3) is 3.77. The van der Waals surface area contributed by atoms with Crippen molar-refractivity contribution in [2.45, 2.75) is 38.5 Å². The van der Waals surface area contributed by atoms with Gasteiger partial charge in [-0.05, 0) is 62.1 Å². The lowest BCUT2D eigenvalue weighted by molar-refractivity contribution is -0.143. The second-order valence-electron chi connectivity index (χ2n) is 8.06. The summed E-state index contributed by atoms with van der Waals surface area (Å²) in [6, 6.07) is 12.1. The van der Waals surface area contributed by atoms with E-state index in [1.54, 1.807) is 38.1 Å². The van der Waals surface area contributed by atoms with Crippen molar-refractivity contribution in [1.29, 1.82) is 0 Å². The second-order valence-corrected chi connectivity index (χ2v) is 8.06. The summed E-state index contributed by atoms with van der Waals surface area (Å²) in [5.41, 5.74) is 0.544. The van der Waals surface area contributed by atoms with Crippen LogP contribution in [0.3, 0.4) is 0 Å². The second kappa shape index (κ2) is 7.00. The van der Waals surface area contributed by atoms with E-state index in [4.69, 9.17) is 10.2 Å². The Balaban J connectivity index is 0.000000161. The summed E-state index contributed by atoms with van der Waals surface area (Å²) in [4.78, 5) is 21.7. The average molecular weight is 388 g/mol. The molecule has 0 heterocycles. The first-order valence-electron chi connectivity index (χ1n) is 9.05. The van der Waals surface area contributed by atoms with Crippen LogP contribution in [0, 0.1) is 22.5 Å². The van der Waals surface area contributed by atoms with Crippen LogP contribution < -0.4 is 0 Å². The minimum atomic E-state index is -0.771. The Morgan fingerprint density at radius 3 is 1.25 bits per heavy atom. The lowest BCUT2D eigenvalue weighted by atomic mass is 10.0. The molecule has 2 aliphatic carbocycles. The van der Waals surface area contributed by atoms with Gasteiger partial charge in [0.1, 0.15) is 11.6 Å². The third-order valence-corrected chi connectivity index (χ3v) is 6.00. The Morgan fingerprint density at radius 2 is 1.04 bits per heavy atom. The van der Waals surface area contributed by atoms with Gasteiger partial charge < -0.3 is 10.2 Å². The number of carbonyl (C=O) groups is 2. The van der Waals surface area contributed by atoms with Gasteiger partial charge >= 0.3 is 11.9 Å². The molecule has 4 rings (SSSR count). The summed E-state index contributed by atoms with van der Waals surface area (Å²) >= 11 is 0. The summed E-state index contributed by atoms with van der Waals surface area (Å²) in [6.07, 6.45) is 1.29. The van der Waals surface area contributed by atoms with Crippen molar-refractivity contribution in [2.75, 3.05) is 0 Å². The minimum absolute atomic E-state index is 0.0422. The Labute approximate surface area is 161 Å². The van der Waals surface area contributed by atoms with E-state index in [1.807, 2.05) is 0 Å². The van der Waals surface area contributed by atoms with Crippen LogP contribution in [0.1, 0.15) is 49.7 Å². The van der Waals surface area contributed by atoms with Crippen LogP contribution in [0.2, 0.25) is 0 Å². The summed E-state index contributed by atoms with van der Waals surface area (Å²) in [5.74, 6) is -2.03. The molecule has 2 aliphatic rings. The van der Waals surface area contributed by atoms with Gasteiger partial charge in [-0.1, -0.05) is 24.3 Å². The number of hydrogen-bond acceptors (Lipinski definition) is 2. The molecule has 0 bridgehead atoms. The van der Waals surface area contributed by atoms with E-state index in [0.29, 0.717) is 12.8 Å². The molecule has 0 radical (unpaired) electrons. The van der Waals surface area contributed by atoms with Crippen LogP contribution in [0.15, 0.2) is 48.5 Å². The topological polar surface area (TPSA) is 74.6 Å². The summed E-state index contributed by atoms with van der Waals surface area (Å²) in [6.45, 7) is 3.45. The molecule has 4 atom stereocenters. The molecular weight excluding hydrogens is 366 g/mol. The predicted molar refractivity (Wildman–Crippen MR) is 99.0 cm³/mol. The summed E-state index contributed by atoms with van der Waals surface area (Å²) < 4.78 is 25.2. The Bertz CT molecular complexity index is 818. The molecule has 28 heavy (non-hydrogen) atoms. The van der Waals surface area contributed by atoms with Crippen LogP contribution >= 0.6 is 0 Å². The highest BCUT2D eigenvalue weighted by Gasteiger charge is 2.57. The molecule has 0 unspecified atom stereocenters. The maximum Gasteiger partial charge on any atom is 0.309 e. The summed E-state index contributed by atoms with van der Waals surface area (Å²) in [5, 5.41) is 17.8. The zero-order valence-corrected chi connectivity index (χ0v) is 15.7. The van der Waals surface area contributed by atoms with Gasteiger partial charge in [0.15, 0.2) is 0 Å². The van der Waals surface area contributed by atoms with Crippen molar-refractivity contribution in [3.05, 3.63) is 71.3 Å². The highest BCUT2D eigenvalue weighted by Crippen LogP contribution is 2.59. The number of hydrogen-bond donors (Lipinski definition) is 2. The number of halogens is 2. The highest BCUT2D eigenvalue weighted by atomic mass is 19.1. The van der Waals surface area contributed by atoms with Gasteiger partial charge in [-0.3, -0.25) is 9.59 Å². The molecule has 0 saturated heterocycles. The van der Waals surface area contributed by atoms with E-state index < -0.39 is 22.8 Å². The van der Waals surface area contributed by atoms with E-state index in [0.717, 1.165) is 11.1 Å². The lowest BCUT2D eigenvalue weighted by Gasteiger charge is -2.04. The Hall–Kier alpha value is -2.76. The molecule has 0 spiro atoms. The number of carboxylic acid groups (broad SMARTS) is 2. The largest absolute Gasteiger partial charge is 0.481 e. The maximum absolute atomic E-state index is 12.6.